The average molecular weight is 127 g/mol. The van der Waals surface area contributed by atoms with Crippen molar-refractivity contribution in [1.29, 1.82) is 0 Å². The molecule has 0 aromatic carbocycles. The average Bonchev–Trinajstić information content (AvgIpc) is 2.14. The molecule has 9 heavy (non-hydrogen) atoms. The van der Waals surface area contributed by atoms with Crippen LogP contribution in [0.4, 0.5) is 0 Å². The number of hydrogen-bond acceptors (Lipinski definition) is 2. The zero-order valence-corrected chi connectivity index (χ0v) is 6.22. The lowest BCUT2D eigenvalue weighted by Crippen LogP contribution is -2.08. The topological polar surface area (TPSA) is 21.6 Å². The summed E-state index contributed by atoms with van der Waals surface area (Å²) in [5, 5.41) is 0. The molecule has 1 heterocycles. The Morgan fingerprint density at radius 3 is 2.56 bits per heavy atom. The molecule has 2 heteroatoms. The highest BCUT2D eigenvalue weighted by Gasteiger charge is 2.14. The molecule has 0 aliphatic carbocycles. The molecule has 52 valence electrons. The number of ether oxygens (including phenoxy) is 1. The summed E-state index contributed by atoms with van der Waals surface area (Å²) in [6.07, 6.45) is 0.0994. The first kappa shape index (κ1) is 6.75. The van der Waals surface area contributed by atoms with Crippen molar-refractivity contribution in [3.8, 4) is 0 Å². The van der Waals surface area contributed by atoms with E-state index in [1.54, 1.807) is 0 Å². The molecule has 0 bridgehead atoms. The first-order chi connectivity index (χ1) is 4.20. The summed E-state index contributed by atoms with van der Waals surface area (Å²) in [5.74, 6) is 0.551. The highest BCUT2D eigenvalue weighted by molar-refractivity contribution is 5.88. The standard InChI is InChI=1S/C7H13NO/c1-5(2)7-4-9-6(3)8-7/h5-6H,4H2,1-3H3. The second-order valence-electron chi connectivity index (χ2n) is 2.69. The van der Waals surface area contributed by atoms with Crippen molar-refractivity contribution in [3.05, 3.63) is 0 Å². The highest BCUT2D eigenvalue weighted by Crippen LogP contribution is 2.09. The van der Waals surface area contributed by atoms with Crippen molar-refractivity contribution in [2.45, 2.75) is 27.0 Å². The zero-order chi connectivity index (χ0) is 6.85. The number of rotatable bonds is 1. The van der Waals surface area contributed by atoms with E-state index in [0.29, 0.717) is 5.92 Å². The maximum atomic E-state index is 5.22. The molecule has 2 nitrogen and oxygen atoms in total. The molecule has 0 aromatic heterocycles. The van der Waals surface area contributed by atoms with Gasteiger partial charge < -0.3 is 4.74 Å². The van der Waals surface area contributed by atoms with Crippen LogP contribution in [0, 0.1) is 5.92 Å². The largest absolute Gasteiger partial charge is 0.351 e. The van der Waals surface area contributed by atoms with E-state index < -0.39 is 0 Å². The molecule has 0 saturated heterocycles. The van der Waals surface area contributed by atoms with Crippen LogP contribution in [-0.2, 0) is 4.74 Å². The second kappa shape index (κ2) is 2.48. The van der Waals surface area contributed by atoms with Gasteiger partial charge in [-0.05, 0) is 12.8 Å². The van der Waals surface area contributed by atoms with Crippen LogP contribution in [-0.4, -0.2) is 18.5 Å². The van der Waals surface area contributed by atoms with Crippen LogP contribution in [0.5, 0.6) is 0 Å². The summed E-state index contributed by atoms with van der Waals surface area (Å²) in [7, 11) is 0. The van der Waals surface area contributed by atoms with E-state index in [9.17, 15) is 0 Å². The Balaban J connectivity index is 2.52. The van der Waals surface area contributed by atoms with Gasteiger partial charge in [0.15, 0.2) is 0 Å². The summed E-state index contributed by atoms with van der Waals surface area (Å²) in [6.45, 7) is 6.98. The molecular weight excluding hydrogens is 114 g/mol. The van der Waals surface area contributed by atoms with Crippen LogP contribution in [0.1, 0.15) is 20.8 Å². The van der Waals surface area contributed by atoms with Gasteiger partial charge in [-0.25, -0.2) is 0 Å². The van der Waals surface area contributed by atoms with E-state index in [0.717, 1.165) is 6.61 Å². The predicted octanol–water partition coefficient (Wildman–Crippen LogP) is 1.46. The van der Waals surface area contributed by atoms with Crippen molar-refractivity contribution < 1.29 is 4.74 Å². The molecule has 1 aliphatic heterocycles. The maximum Gasteiger partial charge on any atom is 0.146 e. The van der Waals surface area contributed by atoms with Gasteiger partial charge in [-0.1, -0.05) is 13.8 Å². The van der Waals surface area contributed by atoms with Crippen molar-refractivity contribution in [1.82, 2.24) is 0 Å². The van der Waals surface area contributed by atoms with Gasteiger partial charge in [-0.15, -0.1) is 0 Å². The monoisotopic (exact) mass is 127 g/mol. The van der Waals surface area contributed by atoms with Gasteiger partial charge in [0.05, 0.1) is 6.61 Å². The lowest BCUT2D eigenvalue weighted by molar-refractivity contribution is 0.124. The molecule has 0 aromatic rings. The van der Waals surface area contributed by atoms with Crippen molar-refractivity contribution in [3.63, 3.8) is 0 Å². The van der Waals surface area contributed by atoms with Crippen LogP contribution in [0.25, 0.3) is 0 Å². The van der Waals surface area contributed by atoms with Gasteiger partial charge in [0.1, 0.15) is 6.23 Å². The van der Waals surface area contributed by atoms with Gasteiger partial charge in [0, 0.05) is 5.71 Å². The van der Waals surface area contributed by atoms with E-state index in [1.807, 2.05) is 6.92 Å². The van der Waals surface area contributed by atoms with Gasteiger partial charge in [0.25, 0.3) is 0 Å². The Hall–Kier alpha value is -0.370. The van der Waals surface area contributed by atoms with Crippen LogP contribution in [0.3, 0.4) is 0 Å². The van der Waals surface area contributed by atoms with E-state index >= 15 is 0 Å². The summed E-state index contributed by atoms with van der Waals surface area (Å²) in [5.41, 5.74) is 1.20. The normalized spacial score (nSPS) is 27.1. The zero-order valence-electron chi connectivity index (χ0n) is 6.22. The minimum Gasteiger partial charge on any atom is -0.351 e. The van der Waals surface area contributed by atoms with Crippen molar-refractivity contribution in [2.24, 2.45) is 10.9 Å². The number of nitrogens with zero attached hydrogens (tertiary/aromatic N) is 1. The lowest BCUT2D eigenvalue weighted by atomic mass is 10.1. The molecule has 0 amide bonds. The molecule has 1 atom stereocenters. The van der Waals surface area contributed by atoms with E-state index in [-0.39, 0.29) is 6.23 Å². The fourth-order valence-corrected chi connectivity index (χ4v) is 0.830. The summed E-state index contributed by atoms with van der Waals surface area (Å²) in [4.78, 5) is 4.28. The third-order valence-corrected chi connectivity index (χ3v) is 1.49. The molecule has 1 aliphatic rings. The molecule has 0 saturated carbocycles. The van der Waals surface area contributed by atoms with Crippen LogP contribution in [0.2, 0.25) is 0 Å². The van der Waals surface area contributed by atoms with E-state index in [4.69, 9.17) is 4.74 Å². The Morgan fingerprint density at radius 1 is 1.67 bits per heavy atom. The fraction of sp³-hybridized carbons (Fsp3) is 0.857. The van der Waals surface area contributed by atoms with Gasteiger partial charge in [-0.2, -0.15) is 0 Å². The molecule has 1 rings (SSSR count). The third kappa shape index (κ3) is 1.52. The van der Waals surface area contributed by atoms with Crippen molar-refractivity contribution in [2.75, 3.05) is 6.61 Å². The Morgan fingerprint density at radius 2 is 2.33 bits per heavy atom. The van der Waals surface area contributed by atoms with E-state index in [1.165, 1.54) is 5.71 Å². The third-order valence-electron chi connectivity index (χ3n) is 1.49. The number of aliphatic imine (C=N–C) groups is 1. The first-order valence-electron chi connectivity index (χ1n) is 3.38. The van der Waals surface area contributed by atoms with Crippen molar-refractivity contribution >= 4 is 5.71 Å². The number of hydrogen-bond donors (Lipinski definition) is 0. The highest BCUT2D eigenvalue weighted by atomic mass is 16.5. The molecular formula is C7H13NO. The fourth-order valence-electron chi connectivity index (χ4n) is 0.830. The van der Waals surface area contributed by atoms with Crippen LogP contribution >= 0.6 is 0 Å². The van der Waals surface area contributed by atoms with Crippen LogP contribution < -0.4 is 0 Å². The molecule has 0 fully saturated rings. The van der Waals surface area contributed by atoms with Gasteiger partial charge in [0.2, 0.25) is 0 Å². The van der Waals surface area contributed by atoms with E-state index in [2.05, 4.69) is 18.8 Å². The first-order valence-corrected chi connectivity index (χ1v) is 3.38. The van der Waals surface area contributed by atoms with Gasteiger partial charge in [-0.3, -0.25) is 4.99 Å². The van der Waals surface area contributed by atoms with Gasteiger partial charge >= 0.3 is 0 Å². The Kier molecular flexibility index (Phi) is 1.86. The Bertz CT molecular complexity index is 129. The molecule has 0 N–H and O–H groups in total. The summed E-state index contributed by atoms with van der Waals surface area (Å²) >= 11 is 0. The second-order valence-corrected chi connectivity index (χ2v) is 2.69. The molecule has 0 spiro atoms. The molecule has 0 radical (unpaired) electrons. The molecule has 1 unspecified atom stereocenters. The summed E-state index contributed by atoms with van der Waals surface area (Å²) in [6, 6.07) is 0. The smallest absolute Gasteiger partial charge is 0.146 e. The minimum atomic E-state index is 0.0994. The summed E-state index contributed by atoms with van der Waals surface area (Å²) < 4.78 is 5.22. The van der Waals surface area contributed by atoms with Crippen LogP contribution in [0.15, 0.2) is 4.99 Å². The quantitative estimate of drug-likeness (QED) is 0.522. The predicted molar refractivity (Wildman–Crippen MR) is 37.7 cm³/mol. The lowest BCUT2D eigenvalue weighted by Gasteiger charge is -1.99. The minimum absolute atomic E-state index is 0.0994. The maximum absolute atomic E-state index is 5.22. The SMILES string of the molecule is CC1N=C(C(C)C)CO1. The Labute approximate surface area is 55.9 Å².